The average molecular weight is 312 g/mol. The monoisotopic (exact) mass is 311 g/mol. The quantitative estimate of drug-likeness (QED) is 0.808. The van der Waals surface area contributed by atoms with Crippen LogP contribution in [0.1, 0.15) is 17.2 Å². The van der Waals surface area contributed by atoms with Crippen LogP contribution in [0.2, 0.25) is 10.0 Å². The molecule has 0 heterocycles. The fourth-order valence-corrected chi connectivity index (χ4v) is 3.09. The Morgan fingerprint density at radius 2 is 1.84 bits per heavy atom. The van der Waals surface area contributed by atoms with E-state index >= 15 is 0 Å². The van der Waals surface area contributed by atoms with Crippen LogP contribution in [0.15, 0.2) is 47.4 Å². The van der Waals surface area contributed by atoms with E-state index in [2.05, 4.69) is 18.4 Å². The molecular formula is C15H15Cl2NS. The van der Waals surface area contributed by atoms with Crippen LogP contribution >= 0.6 is 35.0 Å². The summed E-state index contributed by atoms with van der Waals surface area (Å²) in [5.74, 6) is 0. The van der Waals surface area contributed by atoms with Gasteiger partial charge in [0.25, 0.3) is 0 Å². The molecule has 2 aromatic carbocycles. The second-order valence-electron chi connectivity index (χ2n) is 4.27. The van der Waals surface area contributed by atoms with Crippen molar-refractivity contribution >= 4 is 35.0 Å². The maximum Gasteiger partial charge on any atom is 0.0624 e. The zero-order valence-electron chi connectivity index (χ0n) is 10.6. The predicted octanol–water partition coefficient (Wildman–Crippen LogP) is 4.96. The van der Waals surface area contributed by atoms with Gasteiger partial charge in [0.2, 0.25) is 0 Å². The highest BCUT2D eigenvalue weighted by Crippen LogP contribution is 2.31. The Morgan fingerprint density at radius 3 is 2.58 bits per heavy atom. The highest BCUT2D eigenvalue weighted by molar-refractivity contribution is 7.98. The minimum Gasteiger partial charge on any atom is -0.324 e. The summed E-state index contributed by atoms with van der Waals surface area (Å²) in [6.45, 7) is 0. The molecule has 0 amide bonds. The molecule has 0 spiro atoms. The normalized spacial score (nSPS) is 12.4. The van der Waals surface area contributed by atoms with Crippen molar-refractivity contribution in [3.8, 4) is 0 Å². The van der Waals surface area contributed by atoms with Crippen molar-refractivity contribution in [1.29, 1.82) is 0 Å². The lowest BCUT2D eigenvalue weighted by molar-refractivity contribution is 0.708. The van der Waals surface area contributed by atoms with Crippen molar-refractivity contribution in [3.05, 3.63) is 63.6 Å². The number of nitrogens with two attached hydrogens (primary N) is 1. The fourth-order valence-electron chi connectivity index (χ4n) is 2.03. The van der Waals surface area contributed by atoms with Crippen LogP contribution in [0.25, 0.3) is 0 Å². The van der Waals surface area contributed by atoms with E-state index in [4.69, 9.17) is 28.9 Å². The number of benzene rings is 2. The third-order valence-electron chi connectivity index (χ3n) is 3.01. The van der Waals surface area contributed by atoms with E-state index in [1.807, 2.05) is 24.3 Å². The number of rotatable bonds is 4. The first-order valence-corrected chi connectivity index (χ1v) is 7.93. The van der Waals surface area contributed by atoms with E-state index in [9.17, 15) is 0 Å². The van der Waals surface area contributed by atoms with E-state index < -0.39 is 0 Å². The molecule has 0 aromatic heterocycles. The van der Waals surface area contributed by atoms with Gasteiger partial charge in [0.05, 0.1) is 10.0 Å². The SMILES string of the molecule is CSc1ccccc1C(N)Cc1cccc(Cl)c1Cl. The molecule has 0 aliphatic rings. The zero-order chi connectivity index (χ0) is 13.8. The topological polar surface area (TPSA) is 26.0 Å². The lowest BCUT2D eigenvalue weighted by atomic mass is 9.99. The lowest BCUT2D eigenvalue weighted by Crippen LogP contribution is -2.14. The third-order valence-corrected chi connectivity index (χ3v) is 4.68. The van der Waals surface area contributed by atoms with Crippen molar-refractivity contribution < 1.29 is 0 Å². The number of hydrogen-bond acceptors (Lipinski definition) is 2. The Bertz CT molecular complexity index is 572. The molecule has 2 rings (SSSR count). The molecule has 0 aliphatic carbocycles. The number of hydrogen-bond donors (Lipinski definition) is 1. The van der Waals surface area contributed by atoms with Crippen LogP contribution < -0.4 is 5.73 Å². The summed E-state index contributed by atoms with van der Waals surface area (Å²) in [6, 6.07) is 13.7. The number of halogens is 2. The molecule has 0 fully saturated rings. The zero-order valence-corrected chi connectivity index (χ0v) is 12.9. The van der Waals surface area contributed by atoms with Gasteiger partial charge >= 0.3 is 0 Å². The van der Waals surface area contributed by atoms with E-state index in [1.165, 1.54) is 4.90 Å². The number of thioether (sulfide) groups is 1. The highest BCUT2D eigenvalue weighted by Gasteiger charge is 2.13. The Kier molecular flexibility index (Phi) is 5.17. The van der Waals surface area contributed by atoms with E-state index in [0.29, 0.717) is 16.5 Å². The van der Waals surface area contributed by atoms with Crippen molar-refractivity contribution in [2.45, 2.75) is 17.4 Å². The first kappa shape index (κ1) is 14.7. The summed E-state index contributed by atoms with van der Waals surface area (Å²) < 4.78 is 0. The first-order valence-electron chi connectivity index (χ1n) is 5.95. The Hall–Kier alpha value is -0.670. The van der Waals surface area contributed by atoms with Gasteiger partial charge in [0, 0.05) is 10.9 Å². The van der Waals surface area contributed by atoms with E-state index in [1.54, 1.807) is 17.8 Å². The molecule has 0 radical (unpaired) electrons. The van der Waals surface area contributed by atoms with Crippen molar-refractivity contribution in [1.82, 2.24) is 0 Å². The minimum absolute atomic E-state index is 0.0837. The van der Waals surface area contributed by atoms with Crippen LogP contribution in [0.4, 0.5) is 0 Å². The van der Waals surface area contributed by atoms with Crippen molar-refractivity contribution in [2.24, 2.45) is 5.73 Å². The minimum atomic E-state index is -0.0837. The standard InChI is InChI=1S/C15H15Cl2NS/c1-19-14-8-3-2-6-11(14)13(18)9-10-5-4-7-12(16)15(10)17/h2-8,13H,9,18H2,1H3. The summed E-state index contributed by atoms with van der Waals surface area (Å²) >= 11 is 13.9. The van der Waals surface area contributed by atoms with Gasteiger partial charge in [-0.15, -0.1) is 11.8 Å². The largest absolute Gasteiger partial charge is 0.324 e. The highest BCUT2D eigenvalue weighted by atomic mass is 35.5. The molecule has 0 saturated carbocycles. The molecule has 2 aromatic rings. The van der Waals surface area contributed by atoms with Gasteiger partial charge < -0.3 is 5.73 Å². The molecule has 1 unspecified atom stereocenters. The second-order valence-corrected chi connectivity index (χ2v) is 5.90. The molecule has 100 valence electrons. The summed E-state index contributed by atoms with van der Waals surface area (Å²) in [4.78, 5) is 1.20. The predicted molar refractivity (Wildman–Crippen MR) is 85.3 cm³/mol. The Balaban J connectivity index is 2.26. The van der Waals surface area contributed by atoms with Gasteiger partial charge in [0.1, 0.15) is 0 Å². The van der Waals surface area contributed by atoms with Gasteiger partial charge in [-0.3, -0.25) is 0 Å². The average Bonchev–Trinajstić information content (AvgIpc) is 2.43. The summed E-state index contributed by atoms with van der Waals surface area (Å²) in [7, 11) is 0. The molecule has 0 saturated heterocycles. The Morgan fingerprint density at radius 1 is 1.11 bits per heavy atom. The van der Waals surface area contributed by atoms with Crippen LogP contribution in [-0.4, -0.2) is 6.26 Å². The van der Waals surface area contributed by atoms with Crippen LogP contribution in [0.3, 0.4) is 0 Å². The van der Waals surface area contributed by atoms with Gasteiger partial charge in [0.15, 0.2) is 0 Å². The maximum absolute atomic E-state index is 6.31. The first-order chi connectivity index (χ1) is 9.13. The molecule has 4 heteroatoms. The van der Waals surface area contributed by atoms with Gasteiger partial charge in [-0.2, -0.15) is 0 Å². The lowest BCUT2D eigenvalue weighted by Gasteiger charge is -2.16. The van der Waals surface area contributed by atoms with Crippen LogP contribution in [0, 0.1) is 0 Å². The van der Waals surface area contributed by atoms with Gasteiger partial charge in [-0.05, 0) is 35.9 Å². The molecule has 1 atom stereocenters. The molecular weight excluding hydrogens is 297 g/mol. The summed E-state index contributed by atoms with van der Waals surface area (Å²) in [6.07, 6.45) is 2.73. The maximum atomic E-state index is 6.31. The van der Waals surface area contributed by atoms with Crippen LogP contribution in [-0.2, 0) is 6.42 Å². The molecule has 1 nitrogen and oxygen atoms in total. The van der Waals surface area contributed by atoms with Crippen molar-refractivity contribution in [3.63, 3.8) is 0 Å². The molecule has 2 N–H and O–H groups in total. The third kappa shape index (κ3) is 3.46. The Labute approximate surface area is 128 Å². The smallest absolute Gasteiger partial charge is 0.0624 e. The van der Waals surface area contributed by atoms with E-state index in [0.717, 1.165) is 11.1 Å². The van der Waals surface area contributed by atoms with E-state index in [-0.39, 0.29) is 6.04 Å². The summed E-state index contributed by atoms with van der Waals surface area (Å²) in [5.41, 5.74) is 8.44. The second kappa shape index (κ2) is 6.67. The molecule has 0 aliphatic heterocycles. The van der Waals surface area contributed by atoms with Crippen molar-refractivity contribution in [2.75, 3.05) is 6.26 Å². The summed E-state index contributed by atoms with van der Waals surface area (Å²) in [5, 5.41) is 1.17. The van der Waals surface area contributed by atoms with Gasteiger partial charge in [-0.25, -0.2) is 0 Å². The van der Waals surface area contributed by atoms with Crippen LogP contribution in [0.5, 0.6) is 0 Å². The fraction of sp³-hybridized carbons (Fsp3) is 0.200. The molecule has 19 heavy (non-hydrogen) atoms. The molecule has 0 bridgehead atoms. The van der Waals surface area contributed by atoms with Gasteiger partial charge in [-0.1, -0.05) is 53.5 Å².